The maximum Gasteiger partial charge on any atom is 0.343 e. The van der Waals surface area contributed by atoms with Crippen molar-refractivity contribution in [2.45, 2.75) is 13.0 Å². The molecule has 218 valence electrons. The zero-order chi connectivity index (χ0) is 30.9. The molecule has 4 rings (SSSR count). The van der Waals surface area contributed by atoms with Gasteiger partial charge in [0.1, 0.15) is 11.5 Å². The molecule has 0 heterocycles. The Labute approximate surface area is 254 Å². The van der Waals surface area contributed by atoms with Crippen molar-refractivity contribution in [3.8, 4) is 17.2 Å². The molecule has 11 nitrogen and oxygen atoms in total. The highest BCUT2D eigenvalue weighted by atomic mass is 35.5. The number of nitrogens with zero attached hydrogens (tertiary/aromatic N) is 2. The largest absolute Gasteiger partial charge is 0.474 e. The first kappa shape index (κ1) is 30.7. The predicted molar refractivity (Wildman–Crippen MR) is 158 cm³/mol. The van der Waals surface area contributed by atoms with Gasteiger partial charge >= 0.3 is 17.6 Å². The van der Waals surface area contributed by atoms with E-state index < -0.39 is 28.9 Å². The molecule has 13 heteroatoms. The summed E-state index contributed by atoms with van der Waals surface area (Å²) in [7, 11) is 0. The van der Waals surface area contributed by atoms with E-state index in [1.54, 1.807) is 0 Å². The molecule has 0 saturated carbocycles. The minimum Gasteiger partial charge on any atom is -0.474 e. The number of halogens is 2. The lowest BCUT2D eigenvalue weighted by Crippen LogP contribution is -2.33. The molecule has 1 amide bonds. The summed E-state index contributed by atoms with van der Waals surface area (Å²) in [4.78, 5) is 48.5. The van der Waals surface area contributed by atoms with Crippen molar-refractivity contribution >= 4 is 52.9 Å². The molecule has 1 N–H and O–H groups in total. The van der Waals surface area contributed by atoms with E-state index in [0.717, 1.165) is 0 Å². The highest BCUT2D eigenvalue weighted by molar-refractivity contribution is 6.31. The monoisotopic (exact) mass is 621 g/mol. The number of carbonyl (C=O) groups excluding carboxylic acids is 3. The molecular formula is C30H21Cl2N3O8. The van der Waals surface area contributed by atoms with Crippen molar-refractivity contribution in [2.24, 2.45) is 5.10 Å². The number of nitro benzene ring substituents is 1. The van der Waals surface area contributed by atoms with E-state index in [2.05, 4.69) is 10.5 Å². The Hall–Kier alpha value is -5.26. The van der Waals surface area contributed by atoms with E-state index in [4.69, 9.17) is 37.4 Å². The predicted octanol–water partition coefficient (Wildman–Crippen LogP) is 6.26. The Morgan fingerprint density at radius 3 is 2.02 bits per heavy atom. The number of hydrogen-bond donors (Lipinski definition) is 1. The van der Waals surface area contributed by atoms with Crippen LogP contribution in [0.25, 0.3) is 0 Å². The number of rotatable bonds is 10. The molecular weight excluding hydrogens is 601 g/mol. The molecule has 4 aromatic carbocycles. The zero-order valence-electron chi connectivity index (χ0n) is 22.2. The van der Waals surface area contributed by atoms with Crippen molar-refractivity contribution in [2.75, 3.05) is 0 Å². The summed E-state index contributed by atoms with van der Waals surface area (Å²) in [6.07, 6.45) is 0.0558. The maximum absolute atomic E-state index is 12.8. The molecule has 0 fully saturated rings. The van der Waals surface area contributed by atoms with Crippen molar-refractivity contribution < 1.29 is 33.5 Å². The minimum atomic E-state index is -1.14. The van der Waals surface area contributed by atoms with Crippen LogP contribution in [0.5, 0.6) is 17.2 Å². The highest BCUT2D eigenvalue weighted by Gasteiger charge is 2.21. The fourth-order valence-corrected chi connectivity index (χ4v) is 3.73. The molecule has 0 aliphatic rings. The lowest BCUT2D eigenvalue weighted by atomic mass is 10.2. The number of ether oxygens (including phenoxy) is 3. The van der Waals surface area contributed by atoms with Crippen LogP contribution in [0.15, 0.2) is 96.1 Å². The normalized spacial score (nSPS) is 11.4. The molecule has 0 unspecified atom stereocenters. The van der Waals surface area contributed by atoms with Gasteiger partial charge in [-0.05, 0) is 73.7 Å². The molecule has 0 aliphatic heterocycles. The topological polar surface area (TPSA) is 146 Å². The number of nitro groups is 1. The summed E-state index contributed by atoms with van der Waals surface area (Å²) < 4.78 is 16.4. The summed E-state index contributed by atoms with van der Waals surface area (Å²) in [5.74, 6) is -2.17. The standard InChI is InChI=1S/C30H21Cl2N3O8/c1-18(41-26-5-3-2-4-25(26)35(39)40)28(36)34-33-17-21-10-15-24(42-29(37)19-6-11-22(31)12-7-19)16-27(21)43-30(38)20-8-13-23(32)14-9-20/h2-18H,1H3,(H,34,36)/b33-17-/t18-/m0/s1. The first-order valence-corrected chi connectivity index (χ1v) is 13.2. The molecule has 43 heavy (non-hydrogen) atoms. The van der Waals surface area contributed by atoms with Crippen molar-refractivity contribution in [3.05, 3.63) is 128 Å². The lowest BCUT2D eigenvalue weighted by molar-refractivity contribution is -0.386. The second kappa shape index (κ2) is 14.1. The molecule has 4 aromatic rings. The smallest absolute Gasteiger partial charge is 0.343 e. The second-order valence-corrected chi connectivity index (χ2v) is 9.58. The van der Waals surface area contributed by atoms with Gasteiger partial charge in [-0.3, -0.25) is 14.9 Å². The van der Waals surface area contributed by atoms with Gasteiger partial charge in [-0.15, -0.1) is 0 Å². The zero-order valence-corrected chi connectivity index (χ0v) is 23.7. The molecule has 1 atom stereocenters. The number of hydrazone groups is 1. The fraction of sp³-hybridized carbons (Fsp3) is 0.0667. The van der Waals surface area contributed by atoms with Crippen molar-refractivity contribution in [1.82, 2.24) is 5.43 Å². The average molecular weight is 622 g/mol. The van der Waals surface area contributed by atoms with E-state index in [1.807, 2.05) is 0 Å². The summed E-state index contributed by atoms with van der Waals surface area (Å²) in [5, 5.41) is 16.0. The molecule has 0 saturated heterocycles. The quantitative estimate of drug-likeness (QED) is 0.0717. The third-order valence-corrected chi connectivity index (χ3v) is 6.18. The Morgan fingerprint density at radius 2 is 1.42 bits per heavy atom. The number of benzene rings is 4. The number of para-hydroxylation sites is 2. The third kappa shape index (κ3) is 8.38. The summed E-state index contributed by atoms with van der Waals surface area (Å²) in [5.41, 5.74) is 2.66. The number of esters is 2. The fourth-order valence-electron chi connectivity index (χ4n) is 3.48. The van der Waals surface area contributed by atoms with Crippen LogP contribution in [-0.4, -0.2) is 35.1 Å². The molecule has 0 spiro atoms. The van der Waals surface area contributed by atoms with Gasteiger partial charge < -0.3 is 14.2 Å². The molecule has 0 aliphatic carbocycles. The van der Waals surface area contributed by atoms with Crippen LogP contribution < -0.4 is 19.6 Å². The Morgan fingerprint density at radius 1 is 0.837 bits per heavy atom. The Balaban J connectivity index is 1.51. The Bertz CT molecular complexity index is 1690. The summed E-state index contributed by atoms with van der Waals surface area (Å²) in [6, 6.07) is 21.9. The number of nitrogens with one attached hydrogen (secondary N) is 1. The van der Waals surface area contributed by atoms with Crippen LogP contribution >= 0.6 is 23.2 Å². The van der Waals surface area contributed by atoms with Gasteiger partial charge in [-0.2, -0.15) is 5.10 Å². The second-order valence-electron chi connectivity index (χ2n) is 8.71. The van der Waals surface area contributed by atoms with Gasteiger partial charge in [0, 0.05) is 27.7 Å². The van der Waals surface area contributed by atoms with Crippen LogP contribution in [0, 0.1) is 10.1 Å². The summed E-state index contributed by atoms with van der Waals surface area (Å²) >= 11 is 11.8. The van der Waals surface area contributed by atoms with Gasteiger partial charge in [-0.25, -0.2) is 15.0 Å². The van der Waals surface area contributed by atoms with Crippen LogP contribution in [-0.2, 0) is 4.79 Å². The minimum absolute atomic E-state index is 0.0384. The third-order valence-electron chi connectivity index (χ3n) is 5.67. The Kier molecular flexibility index (Phi) is 10.0. The lowest BCUT2D eigenvalue weighted by Gasteiger charge is -2.13. The van der Waals surface area contributed by atoms with Gasteiger partial charge in [0.05, 0.1) is 22.3 Å². The van der Waals surface area contributed by atoms with Crippen LogP contribution in [0.1, 0.15) is 33.2 Å². The molecule has 0 bridgehead atoms. The van der Waals surface area contributed by atoms with Crippen molar-refractivity contribution in [1.29, 1.82) is 0 Å². The average Bonchev–Trinajstić information content (AvgIpc) is 2.99. The van der Waals surface area contributed by atoms with Crippen LogP contribution in [0.4, 0.5) is 5.69 Å². The van der Waals surface area contributed by atoms with E-state index >= 15 is 0 Å². The first-order valence-electron chi connectivity index (χ1n) is 12.4. The van der Waals surface area contributed by atoms with E-state index in [-0.39, 0.29) is 39.6 Å². The van der Waals surface area contributed by atoms with Gasteiger partial charge in [-0.1, -0.05) is 35.3 Å². The number of hydrogen-bond acceptors (Lipinski definition) is 9. The highest BCUT2D eigenvalue weighted by Crippen LogP contribution is 2.28. The van der Waals surface area contributed by atoms with Gasteiger partial charge in [0.25, 0.3) is 5.91 Å². The molecule has 0 radical (unpaired) electrons. The first-order chi connectivity index (χ1) is 20.6. The maximum atomic E-state index is 12.8. The number of amides is 1. The van der Waals surface area contributed by atoms with Gasteiger partial charge in [0.15, 0.2) is 11.9 Å². The van der Waals surface area contributed by atoms with E-state index in [0.29, 0.717) is 10.0 Å². The summed E-state index contributed by atoms with van der Waals surface area (Å²) in [6.45, 7) is 1.39. The SMILES string of the molecule is C[C@H](Oc1ccccc1[N+](=O)[O-])C(=O)N/N=C\c1ccc(OC(=O)c2ccc(Cl)cc2)cc1OC(=O)c1ccc(Cl)cc1. The molecule has 0 aromatic heterocycles. The van der Waals surface area contributed by atoms with Crippen LogP contribution in [0.2, 0.25) is 10.0 Å². The van der Waals surface area contributed by atoms with Gasteiger partial charge in [0.2, 0.25) is 0 Å². The van der Waals surface area contributed by atoms with Crippen LogP contribution in [0.3, 0.4) is 0 Å². The van der Waals surface area contributed by atoms with Crippen molar-refractivity contribution in [3.63, 3.8) is 0 Å². The van der Waals surface area contributed by atoms with E-state index in [1.165, 1.54) is 104 Å². The van der Waals surface area contributed by atoms with E-state index in [9.17, 15) is 24.5 Å². The number of carbonyl (C=O) groups is 3.